The van der Waals surface area contributed by atoms with E-state index in [0.717, 1.165) is 12.1 Å². The lowest BCUT2D eigenvalue weighted by Crippen LogP contribution is -2.18. The molecule has 0 aliphatic carbocycles. The lowest BCUT2D eigenvalue weighted by molar-refractivity contribution is 0.0996. The molecule has 1 aromatic carbocycles. The number of nitrogens with one attached hydrogen (secondary N) is 1. The van der Waals surface area contributed by atoms with Crippen molar-refractivity contribution in [3.63, 3.8) is 0 Å². The molecule has 4 aromatic rings. The smallest absolute Gasteiger partial charge is 0.277 e. The molecule has 150 valence electrons. The van der Waals surface area contributed by atoms with Crippen LogP contribution >= 0.6 is 0 Å². The van der Waals surface area contributed by atoms with Crippen molar-refractivity contribution in [2.75, 3.05) is 5.32 Å². The minimum atomic E-state index is -0.758. The maximum Gasteiger partial charge on any atom is 0.277 e. The Balaban J connectivity index is 1.59. The van der Waals surface area contributed by atoms with Crippen LogP contribution in [0.5, 0.6) is 0 Å². The van der Waals surface area contributed by atoms with Crippen molar-refractivity contribution in [1.29, 1.82) is 0 Å². The van der Waals surface area contributed by atoms with Crippen LogP contribution in [0.1, 0.15) is 33.5 Å². The van der Waals surface area contributed by atoms with Gasteiger partial charge in [-0.1, -0.05) is 19.1 Å². The van der Waals surface area contributed by atoms with Crippen LogP contribution < -0.4 is 11.1 Å². The largest absolute Gasteiger partial charge is 0.444 e. The molecule has 3 heterocycles. The highest BCUT2D eigenvalue weighted by molar-refractivity contribution is 6.07. The van der Waals surface area contributed by atoms with Crippen molar-refractivity contribution >= 4 is 17.5 Å². The van der Waals surface area contributed by atoms with Gasteiger partial charge in [0.25, 0.3) is 11.8 Å². The maximum absolute atomic E-state index is 12.6. The molecule has 0 fully saturated rings. The summed E-state index contributed by atoms with van der Waals surface area (Å²) in [6, 6.07) is 11.1. The summed E-state index contributed by atoms with van der Waals surface area (Å²) in [5.74, 6) is -1.03. The Morgan fingerprint density at radius 1 is 1.13 bits per heavy atom. The lowest BCUT2D eigenvalue weighted by Gasteiger charge is -2.02. The van der Waals surface area contributed by atoms with Crippen molar-refractivity contribution in [2.45, 2.75) is 13.3 Å². The van der Waals surface area contributed by atoms with E-state index in [9.17, 15) is 9.59 Å². The normalized spacial score (nSPS) is 10.7. The van der Waals surface area contributed by atoms with E-state index in [2.05, 4.69) is 27.3 Å². The summed E-state index contributed by atoms with van der Waals surface area (Å²) >= 11 is 0. The Bertz CT molecular complexity index is 1200. The molecule has 0 bridgehead atoms. The van der Waals surface area contributed by atoms with E-state index >= 15 is 0 Å². The Morgan fingerprint density at radius 3 is 2.53 bits per heavy atom. The van der Waals surface area contributed by atoms with Gasteiger partial charge in [-0.3, -0.25) is 14.6 Å². The fraction of sp³-hybridized carbons (Fsp3) is 0.0952. The number of oxazole rings is 1. The third kappa shape index (κ3) is 3.81. The number of amides is 2. The van der Waals surface area contributed by atoms with Crippen LogP contribution in [0.25, 0.3) is 17.1 Å². The summed E-state index contributed by atoms with van der Waals surface area (Å²) in [6.45, 7) is 2.06. The number of primary amides is 1. The number of nitrogens with zero attached hydrogens (tertiary/aromatic N) is 4. The summed E-state index contributed by atoms with van der Waals surface area (Å²) in [4.78, 5) is 32.6. The molecule has 0 saturated carbocycles. The molecule has 0 aliphatic heterocycles. The van der Waals surface area contributed by atoms with Crippen LogP contribution in [0.2, 0.25) is 0 Å². The first-order chi connectivity index (χ1) is 14.5. The first-order valence-electron chi connectivity index (χ1n) is 9.21. The number of pyridine rings is 1. The van der Waals surface area contributed by atoms with E-state index < -0.39 is 11.8 Å². The number of aryl methyl sites for hydroxylation is 1. The lowest BCUT2D eigenvalue weighted by atomic mass is 10.1. The number of nitrogens with two attached hydrogens (primary N) is 1. The molecule has 0 spiro atoms. The minimum absolute atomic E-state index is 0.0530. The van der Waals surface area contributed by atoms with Gasteiger partial charge >= 0.3 is 0 Å². The molecular formula is C21H18N6O3. The quantitative estimate of drug-likeness (QED) is 0.510. The number of rotatable bonds is 6. The van der Waals surface area contributed by atoms with Crippen molar-refractivity contribution in [3.05, 3.63) is 78.2 Å². The minimum Gasteiger partial charge on any atom is -0.444 e. The summed E-state index contributed by atoms with van der Waals surface area (Å²) in [6.07, 6.45) is 6.87. The second-order valence-corrected chi connectivity index (χ2v) is 6.45. The molecule has 3 aromatic heterocycles. The van der Waals surface area contributed by atoms with Crippen molar-refractivity contribution in [3.8, 4) is 17.1 Å². The highest BCUT2D eigenvalue weighted by Crippen LogP contribution is 2.21. The second-order valence-electron chi connectivity index (χ2n) is 6.45. The van der Waals surface area contributed by atoms with Gasteiger partial charge in [-0.2, -0.15) is 5.10 Å². The van der Waals surface area contributed by atoms with E-state index in [1.54, 1.807) is 24.5 Å². The Hall–Kier alpha value is -4.27. The van der Waals surface area contributed by atoms with Gasteiger partial charge in [0.15, 0.2) is 11.4 Å². The molecular weight excluding hydrogens is 384 g/mol. The fourth-order valence-corrected chi connectivity index (χ4v) is 2.86. The molecule has 30 heavy (non-hydrogen) atoms. The zero-order valence-electron chi connectivity index (χ0n) is 16.1. The highest BCUT2D eigenvalue weighted by atomic mass is 16.3. The van der Waals surface area contributed by atoms with Gasteiger partial charge in [0.2, 0.25) is 5.89 Å². The van der Waals surface area contributed by atoms with E-state index in [1.165, 1.54) is 22.7 Å². The van der Waals surface area contributed by atoms with Crippen LogP contribution in [0, 0.1) is 0 Å². The molecule has 4 rings (SSSR count). The standard InChI is InChI=1S/C21H18N6O3/c1-2-13-3-5-15(6-4-13)27-11-16(18(26-27)19(22)28)24-20(29)17-12-30-21(25-17)14-7-9-23-10-8-14/h3-12H,2H2,1H3,(H2,22,28)(H,24,29). The van der Waals surface area contributed by atoms with Gasteiger partial charge in [0.05, 0.1) is 17.6 Å². The van der Waals surface area contributed by atoms with Gasteiger partial charge in [0, 0.05) is 18.0 Å². The molecule has 0 saturated heterocycles. The monoisotopic (exact) mass is 402 g/mol. The Labute approximate surface area is 171 Å². The molecule has 2 amide bonds. The van der Waals surface area contributed by atoms with Gasteiger partial charge < -0.3 is 15.5 Å². The van der Waals surface area contributed by atoms with Crippen LogP contribution in [-0.2, 0) is 6.42 Å². The number of anilines is 1. The third-order valence-electron chi connectivity index (χ3n) is 4.47. The van der Waals surface area contributed by atoms with E-state index in [1.807, 2.05) is 24.3 Å². The summed E-state index contributed by atoms with van der Waals surface area (Å²) < 4.78 is 6.86. The van der Waals surface area contributed by atoms with E-state index in [-0.39, 0.29) is 23.0 Å². The van der Waals surface area contributed by atoms with Crippen molar-refractivity contribution in [1.82, 2.24) is 19.7 Å². The van der Waals surface area contributed by atoms with Crippen LogP contribution in [0.3, 0.4) is 0 Å². The number of hydrogen-bond donors (Lipinski definition) is 2. The predicted octanol–water partition coefficient (Wildman–Crippen LogP) is 2.84. The second kappa shape index (κ2) is 8.00. The molecule has 9 heteroatoms. The Morgan fingerprint density at radius 2 is 1.87 bits per heavy atom. The van der Waals surface area contributed by atoms with Crippen LogP contribution in [-0.4, -0.2) is 31.6 Å². The van der Waals surface area contributed by atoms with Crippen LogP contribution in [0.4, 0.5) is 5.69 Å². The number of benzene rings is 1. The first kappa shape index (κ1) is 19.1. The molecule has 0 radical (unpaired) electrons. The Kier molecular flexibility index (Phi) is 5.08. The number of carbonyl (C=O) groups is 2. The summed E-state index contributed by atoms with van der Waals surface area (Å²) in [5.41, 5.74) is 8.21. The molecule has 0 unspecified atom stereocenters. The van der Waals surface area contributed by atoms with Gasteiger partial charge in [-0.15, -0.1) is 0 Å². The van der Waals surface area contributed by atoms with Gasteiger partial charge in [-0.25, -0.2) is 9.67 Å². The average molecular weight is 402 g/mol. The number of aromatic nitrogens is 4. The van der Waals surface area contributed by atoms with Crippen molar-refractivity contribution < 1.29 is 14.0 Å². The molecule has 0 atom stereocenters. The van der Waals surface area contributed by atoms with E-state index in [4.69, 9.17) is 10.2 Å². The topological polar surface area (TPSA) is 129 Å². The number of hydrogen-bond acceptors (Lipinski definition) is 6. The predicted molar refractivity (Wildman–Crippen MR) is 109 cm³/mol. The maximum atomic E-state index is 12.6. The fourth-order valence-electron chi connectivity index (χ4n) is 2.86. The van der Waals surface area contributed by atoms with Gasteiger partial charge in [-0.05, 0) is 36.2 Å². The zero-order valence-corrected chi connectivity index (χ0v) is 16.1. The summed E-state index contributed by atoms with van der Waals surface area (Å²) in [5, 5.41) is 6.84. The summed E-state index contributed by atoms with van der Waals surface area (Å²) in [7, 11) is 0. The van der Waals surface area contributed by atoms with Crippen molar-refractivity contribution in [2.24, 2.45) is 5.73 Å². The number of carbonyl (C=O) groups excluding carboxylic acids is 2. The first-order valence-corrected chi connectivity index (χ1v) is 9.21. The van der Waals surface area contributed by atoms with Gasteiger partial charge in [0.1, 0.15) is 6.26 Å². The molecule has 9 nitrogen and oxygen atoms in total. The van der Waals surface area contributed by atoms with E-state index in [0.29, 0.717) is 5.56 Å². The zero-order chi connectivity index (χ0) is 21.1. The molecule has 0 aliphatic rings. The average Bonchev–Trinajstić information content (AvgIpc) is 3.42. The third-order valence-corrected chi connectivity index (χ3v) is 4.47. The SMILES string of the molecule is CCc1ccc(-n2cc(NC(=O)c3coc(-c4ccncc4)n3)c(C(N)=O)n2)cc1. The molecule has 3 N–H and O–H groups in total. The highest BCUT2D eigenvalue weighted by Gasteiger charge is 2.20. The van der Waals surface area contributed by atoms with Crippen LogP contribution in [0.15, 0.2) is 65.7 Å².